The van der Waals surface area contributed by atoms with Crippen LogP contribution < -0.4 is 5.32 Å². The molecule has 0 spiro atoms. The minimum absolute atomic E-state index is 0.869. The van der Waals surface area contributed by atoms with Gasteiger partial charge in [0.2, 0.25) is 5.13 Å². The van der Waals surface area contributed by atoms with Crippen LogP contribution in [-0.4, -0.2) is 20.9 Å². The van der Waals surface area contributed by atoms with Crippen molar-refractivity contribution < 1.29 is 0 Å². The van der Waals surface area contributed by atoms with Crippen LogP contribution >= 0.6 is 22.9 Å². The van der Waals surface area contributed by atoms with Crippen LogP contribution in [0.2, 0.25) is 0 Å². The zero-order valence-electron chi connectivity index (χ0n) is 9.14. The van der Waals surface area contributed by atoms with Gasteiger partial charge in [-0.05, 0) is 6.42 Å². The third-order valence-electron chi connectivity index (χ3n) is 2.04. The van der Waals surface area contributed by atoms with E-state index in [9.17, 15) is 0 Å². The normalized spacial score (nSPS) is 10.6. The highest BCUT2D eigenvalue weighted by Crippen LogP contribution is 2.12. The smallest absolute Gasteiger partial charge is 0.202 e. The standard InChI is InChI=1S/C10H14N4S2/c1-2-3-8-13-10(16-14-8)12-5-4-9-11-6-7-15-9/h6-7H,2-5H2,1H3,(H,12,13,14). The van der Waals surface area contributed by atoms with Gasteiger partial charge in [-0.1, -0.05) is 6.92 Å². The Kier molecular flexibility index (Phi) is 4.24. The third-order valence-corrected chi connectivity index (χ3v) is 3.59. The monoisotopic (exact) mass is 254 g/mol. The summed E-state index contributed by atoms with van der Waals surface area (Å²) >= 11 is 3.13. The van der Waals surface area contributed by atoms with E-state index in [-0.39, 0.29) is 0 Å². The molecule has 0 aliphatic heterocycles. The second-order valence-corrected chi connectivity index (χ2v) is 5.10. The van der Waals surface area contributed by atoms with Gasteiger partial charge in [-0.3, -0.25) is 0 Å². The molecule has 0 aromatic carbocycles. The van der Waals surface area contributed by atoms with Crippen molar-refractivity contribution in [3.8, 4) is 0 Å². The van der Waals surface area contributed by atoms with Crippen LogP contribution in [0.25, 0.3) is 0 Å². The van der Waals surface area contributed by atoms with E-state index in [2.05, 4.69) is 26.6 Å². The lowest BCUT2D eigenvalue weighted by atomic mass is 10.3. The quantitative estimate of drug-likeness (QED) is 0.861. The van der Waals surface area contributed by atoms with Crippen molar-refractivity contribution in [2.75, 3.05) is 11.9 Å². The number of nitrogens with one attached hydrogen (secondary N) is 1. The molecule has 0 aliphatic carbocycles. The van der Waals surface area contributed by atoms with Gasteiger partial charge in [-0.2, -0.15) is 4.37 Å². The van der Waals surface area contributed by atoms with Crippen LogP contribution in [0.3, 0.4) is 0 Å². The summed E-state index contributed by atoms with van der Waals surface area (Å²) in [6, 6.07) is 0. The van der Waals surface area contributed by atoms with Crippen LogP contribution in [0.1, 0.15) is 24.2 Å². The summed E-state index contributed by atoms with van der Waals surface area (Å²) in [4.78, 5) is 8.63. The van der Waals surface area contributed by atoms with Gasteiger partial charge in [-0.15, -0.1) is 11.3 Å². The summed E-state index contributed by atoms with van der Waals surface area (Å²) in [5.74, 6) is 0.948. The van der Waals surface area contributed by atoms with Crippen molar-refractivity contribution in [1.29, 1.82) is 0 Å². The Bertz CT molecular complexity index is 410. The van der Waals surface area contributed by atoms with E-state index in [4.69, 9.17) is 0 Å². The Morgan fingerprint density at radius 3 is 3.06 bits per heavy atom. The molecule has 0 atom stereocenters. The first-order valence-electron chi connectivity index (χ1n) is 5.33. The van der Waals surface area contributed by atoms with E-state index >= 15 is 0 Å². The summed E-state index contributed by atoms with van der Waals surface area (Å²) in [5.41, 5.74) is 0. The lowest BCUT2D eigenvalue weighted by Crippen LogP contribution is -2.04. The van der Waals surface area contributed by atoms with Gasteiger partial charge in [0.05, 0.1) is 5.01 Å². The Morgan fingerprint density at radius 1 is 1.38 bits per heavy atom. The number of aromatic nitrogens is 3. The largest absolute Gasteiger partial charge is 0.360 e. The van der Waals surface area contributed by atoms with Gasteiger partial charge >= 0.3 is 0 Å². The first kappa shape index (κ1) is 11.5. The molecule has 16 heavy (non-hydrogen) atoms. The molecule has 2 aromatic heterocycles. The van der Waals surface area contributed by atoms with Crippen LogP contribution in [0.4, 0.5) is 5.13 Å². The molecule has 0 saturated carbocycles. The first-order chi connectivity index (χ1) is 7.88. The van der Waals surface area contributed by atoms with Gasteiger partial charge in [0, 0.05) is 42.5 Å². The molecule has 0 saturated heterocycles. The fourth-order valence-corrected chi connectivity index (χ4v) is 2.56. The van der Waals surface area contributed by atoms with Gasteiger partial charge < -0.3 is 5.32 Å². The fourth-order valence-electron chi connectivity index (χ4n) is 1.30. The summed E-state index contributed by atoms with van der Waals surface area (Å²) in [7, 11) is 0. The highest BCUT2D eigenvalue weighted by Gasteiger charge is 2.02. The molecule has 0 aliphatic rings. The average molecular weight is 254 g/mol. The fraction of sp³-hybridized carbons (Fsp3) is 0.500. The van der Waals surface area contributed by atoms with Crippen molar-refractivity contribution >= 4 is 28.0 Å². The van der Waals surface area contributed by atoms with E-state index in [0.29, 0.717) is 0 Å². The van der Waals surface area contributed by atoms with Crippen LogP contribution in [-0.2, 0) is 12.8 Å². The predicted molar refractivity (Wildman–Crippen MR) is 68.2 cm³/mol. The Morgan fingerprint density at radius 2 is 2.31 bits per heavy atom. The number of thiazole rings is 1. The van der Waals surface area contributed by atoms with E-state index in [1.807, 2.05) is 11.6 Å². The van der Waals surface area contributed by atoms with E-state index in [1.54, 1.807) is 11.3 Å². The highest BCUT2D eigenvalue weighted by molar-refractivity contribution is 7.09. The summed E-state index contributed by atoms with van der Waals surface area (Å²) in [6.45, 7) is 3.00. The first-order valence-corrected chi connectivity index (χ1v) is 6.98. The SMILES string of the molecule is CCCc1nsc(NCCc2nccs2)n1. The molecular formula is C10H14N4S2. The average Bonchev–Trinajstić information content (AvgIpc) is 2.90. The van der Waals surface area contributed by atoms with Gasteiger partial charge in [-0.25, -0.2) is 9.97 Å². The van der Waals surface area contributed by atoms with Crippen LogP contribution in [0.15, 0.2) is 11.6 Å². The predicted octanol–water partition coefficient (Wildman–Crippen LogP) is 2.60. The van der Waals surface area contributed by atoms with Crippen molar-refractivity contribution in [3.63, 3.8) is 0 Å². The minimum atomic E-state index is 0.869. The zero-order chi connectivity index (χ0) is 11.2. The Labute approximate surface area is 103 Å². The van der Waals surface area contributed by atoms with Crippen molar-refractivity contribution in [2.24, 2.45) is 0 Å². The molecular weight excluding hydrogens is 240 g/mol. The highest BCUT2D eigenvalue weighted by atomic mass is 32.1. The maximum atomic E-state index is 4.40. The topological polar surface area (TPSA) is 50.7 Å². The summed E-state index contributed by atoms with van der Waals surface area (Å²) < 4.78 is 4.28. The van der Waals surface area contributed by atoms with Gasteiger partial charge in [0.1, 0.15) is 5.82 Å². The molecule has 2 rings (SSSR count). The molecule has 0 amide bonds. The van der Waals surface area contributed by atoms with Crippen molar-refractivity contribution in [1.82, 2.24) is 14.3 Å². The molecule has 4 nitrogen and oxygen atoms in total. The number of hydrogen-bond donors (Lipinski definition) is 1. The molecule has 1 N–H and O–H groups in total. The molecule has 0 radical (unpaired) electrons. The second kappa shape index (κ2) is 5.91. The van der Waals surface area contributed by atoms with Gasteiger partial charge in [0.25, 0.3) is 0 Å². The van der Waals surface area contributed by atoms with Crippen molar-refractivity contribution in [3.05, 3.63) is 22.4 Å². The minimum Gasteiger partial charge on any atom is -0.360 e. The molecule has 6 heteroatoms. The number of aryl methyl sites for hydroxylation is 1. The Balaban J connectivity index is 1.76. The number of rotatable bonds is 6. The Hall–Kier alpha value is -1.01. The lowest BCUT2D eigenvalue weighted by molar-refractivity contribution is 0.860. The van der Waals surface area contributed by atoms with Crippen LogP contribution in [0, 0.1) is 0 Å². The maximum absolute atomic E-state index is 4.40. The number of nitrogens with zero attached hydrogens (tertiary/aromatic N) is 3. The van der Waals surface area contributed by atoms with Gasteiger partial charge in [0.15, 0.2) is 0 Å². The van der Waals surface area contributed by atoms with E-state index < -0.39 is 0 Å². The summed E-state index contributed by atoms with van der Waals surface area (Å²) in [5, 5.41) is 7.35. The zero-order valence-corrected chi connectivity index (χ0v) is 10.8. The summed E-state index contributed by atoms with van der Waals surface area (Å²) in [6.07, 6.45) is 4.84. The lowest BCUT2D eigenvalue weighted by Gasteiger charge is -1.98. The third kappa shape index (κ3) is 3.24. The molecule has 86 valence electrons. The number of anilines is 1. The molecule has 2 heterocycles. The molecule has 2 aromatic rings. The second-order valence-electron chi connectivity index (χ2n) is 3.37. The van der Waals surface area contributed by atoms with Crippen LogP contribution in [0.5, 0.6) is 0 Å². The molecule has 0 bridgehead atoms. The number of hydrogen-bond acceptors (Lipinski definition) is 6. The maximum Gasteiger partial charge on any atom is 0.202 e. The molecule has 0 fully saturated rings. The molecule has 0 unspecified atom stereocenters. The van der Waals surface area contributed by atoms with Crippen molar-refractivity contribution in [2.45, 2.75) is 26.2 Å². The van der Waals surface area contributed by atoms with E-state index in [0.717, 1.165) is 41.8 Å². The van der Waals surface area contributed by atoms with E-state index in [1.165, 1.54) is 11.5 Å².